The van der Waals surface area contributed by atoms with E-state index < -0.39 is 9.84 Å². The summed E-state index contributed by atoms with van der Waals surface area (Å²) in [4.78, 5) is 0. The van der Waals surface area contributed by atoms with Crippen LogP contribution in [0.3, 0.4) is 0 Å². The molecule has 0 radical (unpaired) electrons. The zero-order valence-corrected chi connectivity index (χ0v) is 12.4. The topological polar surface area (TPSA) is 60.2 Å². The van der Waals surface area contributed by atoms with Crippen LogP contribution < -0.4 is 5.73 Å². The maximum atomic E-state index is 11.6. The van der Waals surface area contributed by atoms with E-state index in [4.69, 9.17) is 5.73 Å². The van der Waals surface area contributed by atoms with E-state index in [1.807, 2.05) is 18.2 Å². The molecule has 0 aliphatic carbocycles. The summed E-state index contributed by atoms with van der Waals surface area (Å²) in [5.41, 5.74) is 8.65. The Kier molecular flexibility index (Phi) is 3.30. The van der Waals surface area contributed by atoms with Gasteiger partial charge in [0.15, 0.2) is 9.84 Å². The predicted octanol–water partition coefficient (Wildman–Crippen LogP) is 2.58. The highest BCUT2D eigenvalue weighted by Crippen LogP contribution is 2.34. The van der Waals surface area contributed by atoms with Crippen LogP contribution in [0.4, 0.5) is 0 Å². The number of hydrogen-bond donors (Lipinski definition) is 1. The average molecular weight is 289 g/mol. The first kappa shape index (κ1) is 13.6. The van der Waals surface area contributed by atoms with Crippen LogP contribution in [-0.4, -0.2) is 19.9 Å². The maximum absolute atomic E-state index is 11.6. The lowest BCUT2D eigenvalue weighted by Gasteiger charge is -2.20. The molecule has 2 unspecified atom stereocenters. The van der Waals surface area contributed by atoms with Crippen molar-refractivity contribution in [1.29, 1.82) is 0 Å². The Bertz CT molecular complexity index is 752. The van der Waals surface area contributed by atoms with Gasteiger partial charge in [-0.25, -0.2) is 8.42 Å². The first-order valence-corrected chi connectivity index (χ1v) is 8.74. The second kappa shape index (κ2) is 4.86. The molecule has 3 nitrogen and oxygen atoms in total. The van der Waals surface area contributed by atoms with E-state index in [1.165, 1.54) is 10.9 Å². The minimum absolute atomic E-state index is 0.0334. The van der Waals surface area contributed by atoms with E-state index in [9.17, 15) is 8.42 Å². The van der Waals surface area contributed by atoms with Crippen LogP contribution in [0.15, 0.2) is 36.4 Å². The minimum Gasteiger partial charge on any atom is -0.324 e. The number of aryl methyl sites for hydroxylation is 1. The van der Waals surface area contributed by atoms with Gasteiger partial charge in [-0.05, 0) is 41.2 Å². The Hall–Kier alpha value is -1.39. The number of benzene rings is 2. The van der Waals surface area contributed by atoms with Crippen LogP contribution in [0.2, 0.25) is 0 Å². The highest BCUT2D eigenvalue weighted by Gasteiger charge is 2.33. The highest BCUT2D eigenvalue weighted by atomic mass is 32.2. The van der Waals surface area contributed by atoms with E-state index in [0.29, 0.717) is 6.42 Å². The smallest absolute Gasteiger partial charge is 0.150 e. The van der Waals surface area contributed by atoms with Gasteiger partial charge >= 0.3 is 0 Å². The second-order valence-corrected chi connectivity index (χ2v) is 7.93. The summed E-state index contributed by atoms with van der Waals surface area (Å²) < 4.78 is 23.3. The van der Waals surface area contributed by atoms with Gasteiger partial charge in [0.05, 0.1) is 11.5 Å². The Morgan fingerprint density at radius 2 is 1.85 bits per heavy atom. The fraction of sp³-hybridized carbons (Fsp3) is 0.375. The summed E-state index contributed by atoms with van der Waals surface area (Å²) in [6, 6.07) is 12.1. The molecule has 1 aliphatic heterocycles. The fourth-order valence-electron chi connectivity index (χ4n) is 3.12. The van der Waals surface area contributed by atoms with Gasteiger partial charge in [-0.1, -0.05) is 36.4 Å². The van der Waals surface area contributed by atoms with Crippen molar-refractivity contribution in [2.75, 3.05) is 11.5 Å². The van der Waals surface area contributed by atoms with E-state index >= 15 is 0 Å². The first-order chi connectivity index (χ1) is 9.48. The lowest BCUT2D eigenvalue weighted by molar-refractivity contribution is 0.482. The SMILES string of the molecule is Cc1ccc(C(N)C2CCS(=O)(=O)C2)c2ccccc12. The van der Waals surface area contributed by atoms with Crippen molar-refractivity contribution in [3.05, 3.63) is 47.5 Å². The summed E-state index contributed by atoms with van der Waals surface area (Å²) in [5.74, 6) is 0.525. The van der Waals surface area contributed by atoms with Crippen molar-refractivity contribution in [1.82, 2.24) is 0 Å². The molecule has 106 valence electrons. The normalized spacial score (nSPS) is 23.0. The Balaban J connectivity index is 2.04. The van der Waals surface area contributed by atoms with E-state index in [-0.39, 0.29) is 23.5 Å². The number of nitrogens with two attached hydrogens (primary N) is 1. The molecule has 4 heteroatoms. The third-order valence-corrected chi connectivity index (χ3v) is 6.10. The van der Waals surface area contributed by atoms with Gasteiger partial charge in [0.25, 0.3) is 0 Å². The van der Waals surface area contributed by atoms with Crippen LogP contribution in [0.25, 0.3) is 10.8 Å². The third kappa shape index (κ3) is 2.34. The molecule has 0 amide bonds. The molecule has 3 rings (SSSR count). The lowest BCUT2D eigenvalue weighted by Crippen LogP contribution is -2.22. The summed E-state index contributed by atoms with van der Waals surface area (Å²) in [6.07, 6.45) is 0.672. The minimum atomic E-state index is -2.89. The van der Waals surface area contributed by atoms with Crippen molar-refractivity contribution in [2.24, 2.45) is 11.7 Å². The van der Waals surface area contributed by atoms with E-state index in [0.717, 1.165) is 10.9 Å². The van der Waals surface area contributed by atoms with Gasteiger partial charge in [-0.2, -0.15) is 0 Å². The molecule has 1 aliphatic rings. The first-order valence-electron chi connectivity index (χ1n) is 6.92. The van der Waals surface area contributed by atoms with Gasteiger partial charge < -0.3 is 5.73 Å². The third-order valence-electron chi connectivity index (χ3n) is 4.31. The number of sulfone groups is 1. The lowest BCUT2D eigenvalue weighted by atomic mass is 9.89. The van der Waals surface area contributed by atoms with Crippen LogP contribution in [0.5, 0.6) is 0 Å². The van der Waals surface area contributed by atoms with Gasteiger partial charge in [0.1, 0.15) is 0 Å². The molecule has 2 aromatic rings. The quantitative estimate of drug-likeness (QED) is 0.924. The van der Waals surface area contributed by atoms with Crippen molar-refractivity contribution < 1.29 is 8.42 Å². The van der Waals surface area contributed by atoms with Crippen molar-refractivity contribution in [2.45, 2.75) is 19.4 Å². The molecule has 0 aromatic heterocycles. The van der Waals surface area contributed by atoms with Crippen LogP contribution in [-0.2, 0) is 9.84 Å². The van der Waals surface area contributed by atoms with Gasteiger partial charge in [0, 0.05) is 6.04 Å². The molecule has 2 aromatic carbocycles. The summed E-state index contributed by atoms with van der Waals surface area (Å²) in [5, 5.41) is 2.34. The standard InChI is InChI=1S/C16H19NO2S/c1-11-6-7-15(14-5-3-2-4-13(11)14)16(17)12-8-9-20(18,19)10-12/h2-7,12,16H,8-10,17H2,1H3. The molecular formula is C16H19NO2S. The Labute approximate surface area is 119 Å². The van der Waals surface area contributed by atoms with Crippen molar-refractivity contribution in [3.8, 4) is 0 Å². The molecule has 1 fully saturated rings. The molecule has 0 bridgehead atoms. The number of rotatable bonds is 2. The van der Waals surface area contributed by atoms with E-state index in [1.54, 1.807) is 0 Å². The summed E-state index contributed by atoms with van der Waals surface area (Å²) >= 11 is 0. The van der Waals surface area contributed by atoms with Crippen molar-refractivity contribution in [3.63, 3.8) is 0 Å². The van der Waals surface area contributed by atoms with Crippen molar-refractivity contribution >= 4 is 20.6 Å². The molecule has 1 heterocycles. The second-order valence-electron chi connectivity index (χ2n) is 5.71. The Morgan fingerprint density at radius 1 is 1.15 bits per heavy atom. The zero-order chi connectivity index (χ0) is 14.3. The molecule has 1 saturated heterocycles. The van der Waals surface area contributed by atoms with Crippen LogP contribution >= 0.6 is 0 Å². The molecule has 2 atom stereocenters. The maximum Gasteiger partial charge on any atom is 0.150 e. The monoisotopic (exact) mass is 289 g/mol. The molecule has 0 saturated carbocycles. The summed E-state index contributed by atoms with van der Waals surface area (Å²) in [7, 11) is -2.89. The van der Waals surface area contributed by atoms with Crippen LogP contribution in [0.1, 0.15) is 23.6 Å². The molecular weight excluding hydrogens is 270 g/mol. The summed E-state index contributed by atoms with van der Waals surface area (Å²) in [6.45, 7) is 2.08. The number of fused-ring (bicyclic) bond motifs is 1. The molecule has 20 heavy (non-hydrogen) atoms. The molecule has 0 spiro atoms. The predicted molar refractivity (Wildman–Crippen MR) is 82.4 cm³/mol. The number of hydrogen-bond acceptors (Lipinski definition) is 3. The highest BCUT2D eigenvalue weighted by molar-refractivity contribution is 7.91. The van der Waals surface area contributed by atoms with E-state index in [2.05, 4.69) is 25.1 Å². The van der Waals surface area contributed by atoms with Gasteiger partial charge in [-0.3, -0.25) is 0 Å². The van der Waals surface area contributed by atoms with Gasteiger partial charge in [0.2, 0.25) is 0 Å². The zero-order valence-electron chi connectivity index (χ0n) is 11.5. The van der Waals surface area contributed by atoms with Crippen LogP contribution in [0, 0.1) is 12.8 Å². The van der Waals surface area contributed by atoms with Gasteiger partial charge in [-0.15, -0.1) is 0 Å². The average Bonchev–Trinajstić information content (AvgIpc) is 2.79. The Morgan fingerprint density at radius 3 is 2.50 bits per heavy atom. The largest absolute Gasteiger partial charge is 0.324 e. The molecule has 2 N–H and O–H groups in total. The fourth-order valence-corrected chi connectivity index (χ4v) is 4.98.